The Morgan fingerprint density at radius 1 is 1.53 bits per heavy atom. The third-order valence-electron chi connectivity index (χ3n) is 1.64. The van der Waals surface area contributed by atoms with Gasteiger partial charge in [0.15, 0.2) is 0 Å². The molecule has 0 radical (unpaired) electrons. The number of urea groups is 1. The molecule has 0 fully saturated rings. The maximum Gasteiger partial charge on any atom is 0.326 e. The average molecular weight is 219 g/mol. The first kappa shape index (κ1) is 13.7. The highest BCUT2D eigenvalue weighted by molar-refractivity contribution is 5.82. The summed E-state index contributed by atoms with van der Waals surface area (Å²) in [5, 5.41) is 13.5. The number of hydrogen-bond acceptors (Lipinski definition) is 4. The molecule has 1 unspecified atom stereocenters. The number of carboxylic acid groups (broad SMARTS) is 1. The fraction of sp³-hybridized carbons (Fsp3) is 0.750. The zero-order valence-corrected chi connectivity index (χ0v) is 8.66. The lowest BCUT2D eigenvalue weighted by atomic mass is 10.2. The average Bonchev–Trinajstić information content (AvgIpc) is 2.20. The van der Waals surface area contributed by atoms with E-state index in [2.05, 4.69) is 10.6 Å². The van der Waals surface area contributed by atoms with Gasteiger partial charge in [-0.25, -0.2) is 9.59 Å². The second kappa shape index (κ2) is 8.01. The molecule has 0 aliphatic carbocycles. The topological polar surface area (TPSA) is 114 Å². The minimum atomic E-state index is -1.09. The number of carbonyl (C=O) groups excluding carboxylic acids is 1. The highest BCUT2D eigenvalue weighted by Crippen LogP contribution is 1.92. The highest BCUT2D eigenvalue weighted by atomic mass is 16.5. The molecule has 0 saturated heterocycles. The van der Waals surface area contributed by atoms with Crippen LogP contribution in [0.25, 0.3) is 0 Å². The second-order valence-corrected chi connectivity index (χ2v) is 2.86. The van der Waals surface area contributed by atoms with E-state index in [0.717, 1.165) is 0 Å². The van der Waals surface area contributed by atoms with Crippen LogP contribution in [0.1, 0.15) is 6.42 Å². The van der Waals surface area contributed by atoms with Crippen molar-refractivity contribution < 1.29 is 19.4 Å². The first-order chi connectivity index (χ1) is 7.11. The summed E-state index contributed by atoms with van der Waals surface area (Å²) in [5.74, 6) is -1.09. The number of nitrogens with two attached hydrogens (primary N) is 1. The molecule has 7 heteroatoms. The molecule has 5 N–H and O–H groups in total. The van der Waals surface area contributed by atoms with Crippen LogP contribution in [0, 0.1) is 0 Å². The smallest absolute Gasteiger partial charge is 0.326 e. The van der Waals surface area contributed by atoms with E-state index in [1.165, 1.54) is 7.11 Å². The Morgan fingerprint density at radius 3 is 2.67 bits per heavy atom. The minimum Gasteiger partial charge on any atom is -0.480 e. The Morgan fingerprint density at radius 2 is 2.20 bits per heavy atom. The maximum atomic E-state index is 11.1. The van der Waals surface area contributed by atoms with Crippen molar-refractivity contribution in [3.05, 3.63) is 0 Å². The summed E-state index contributed by atoms with van der Waals surface area (Å²) >= 11 is 0. The van der Waals surface area contributed by atoms with Crippen molar-refractivity contribution in [1.82, 2.24) is 10.6 Å². The van der Waals surface area contributed by atoms with Crippen LogP contribution < -0.4 is 16.4 Å². The molecule has 0 bridgehead atoms. The van der Waals surface area contributed by atoms with Crippen molar-refractivity contribution in [2.45, 2.75) is 12.5 Å². The molecule has 0 aliphatic rings. The standard InChI is InChI=1S/C8H17N3O4/c1-15-5-2-6(7(12)13)11-8(14)10-4-3-9/h6H,2-5,9H2,1H3,(H,12,13)(H2,10,11,14). The molecular weight excluding hydrogens is 202 g/mol. The number of nitrogens with one attached hydrogen (secondary N) is 2. The quantitative estimate of drug-likeness (QED) is 0.426. The number of aliphatic carboxylic acids is 1. The van der Waals surface area contributed by atoms with Gasteiger partial charge < -0.3 is 26.2 Å². The van der Waals surface area contributed by atoms with Gasteiger partial charge in [0.1, 0.15) is 6.04 Å². The fourth-order valence-electron chi connectivity index (χ4n) is 0.888. The first-order valence-corrected chi connectivity index (χ1v) is 4.58. The third-order valence-corrected chi connectivity index (χ3v) is 1.64. The van der Waals surface area contributed by atoms with Gasteiger partial charge in [-0.3, -0.25) is 0 Å². The van der Waals surface area contributed by atoms with Crippen molar-refractivity contribution in [3.63, 3.8) is 0 Å². The van der Waals surface area contributed by atoms with E-state index in [1.54, 1.807) is 0 Å². The zero-order valence-electron chi connectivity index (χ0n) is 8.66. The molecule has 0 heterocycles. The molecule has 7 nitrogen and oxygen atoms in total. The summed E-state index contributed by atoms with van der Waals surface area (Å²) in [6.07, 6.45) is 0.224. The Bertz CT molecular complexity index is 210. The van der Waals surface area contributed by atoms with Gasteiger partial charge in [0.2, 0.25) is 0 Å². The van der Waals surface area contributed by atoms with Crippen molar-refractivity contribution in [2.75, 3.05) is 26.8 Å². The second-order valence-electron chi connectivity index (χ2n) is 2.86. The Labute approximate surface area is 88.0 Å². The van der Waals surface area contributed by atoms with Crippen LogP contribution in [0.5, 0.6) is 0 Å². The normalized spacial score (nSPS) is 11.9. The van der Waals surface area contributed by atoms with Gasteiger partial charge in [0.05, 0.1) is 0 Å². The molecule has 0 aromatic rings. The third kappa shape index (κ3) is 6.69. The highest BCUT2D eigenvalue weighted by Gasteiger charge is 2.18. The van der Waals surface area contributed by atoms with E-state index in [4.69, 9.17) is 15.6 Å². The van der Waals surface area contributed by atoms with Crippen LogP contribution >= 0.6 is 0 Å². The summed E-state index contributed by atoms with van der Waals surface area (Å²) in [6.45, 7) is 0.889. The van der Waals surface area contributed by atoms with Crippen LogP contribution in [-0.2, 0) is 9.53 Å². The summed E-state index contributed by atoms with van der Waals surface area (Å²) in [7, 11) is 1.47. The van der Waals surface area contributed by atoms with Crippen LogP contribution in [0.4, 0.5) is 4.79 Å². The van der Waals surface area contributed by atoms with Crippen molar-refractivity contribution in [1.29, 1.82) is 0 Å². The molecule has 15 heavy (non-hydrogen) atoms. The van der Waals surface area contributed by atoms with E-state index >= 15 is 0 Å². The van der Waals surface area contributed by atoms with Gasteiger partial charge in [-0.15, -0.1) is 0 Å². The largest absolute Gasteiger partial charge is 0.480 e. The number of carboxylic acids is 1. The van der Waals surface area contributed by atoms with Crippen LogP contribution in [0.3, 0.4) is 0 Å². The molecule has 0 aromatic heterocycles. The van der Waals surface area contributed by atoms with Gasteiger partial charge in [-0.1, -0.05) is 0 Å². The van der Waals surface area contributed by atoms with Crippen molar-refractivity contribution >= 4 is 12.0 Å². The molecule has 0 rings (SSSR count). The molecule has 0 aromatic carbocycles. The number of hydrogen-bond donors (Lipinski definition) is 4. The van der Waals surface area contributed by atoms with E-state index in [0.29, 0.717) is 13.1 Å². The van der Waals surface area contributed by atoms with Gasteiger partial charge in [0.25, 0.3) is 0 Å². The number of carbonyl (C=O) groups is 2. The summed E-state index contributed by atoms with van der Waals surface area (Å²) in [4.78, 5) is 21.8. The number of amides is 2. The molecular formula is C8H17N3O4. The maximum absolute atomic E-state index is 11.1. The first-order valence-electron chi connectivity index (χ1n) is 4.58. The minimum absolute atomic E-state index is 0.224. The molecule has 0 aliphatic heterocycles. The van der Waals surface area contributed by atoms with Crippen LogP contribution in [0.15, 0.2) is 0 Å². The van der Waals surface area contributed by atoms with Gasteiger partial charge in [-0.2, -0.15) is 0 Å². The zero-order chi connectivity index (χ0) is 11.7. The Balaban J connectivity index is 3.93. The van der Waals surface area contributed by atoms with E-state index in [1.807, 2.05) is 0 Å². The van der Waals surface area contributed by atoms with Gasteiger partial charge >= 0.3 is 12.0 Å². The molecule has 0 spiro atoms. The van der Waals surface area contributed by atoms with Crippen molar-refractivity contribution in [2.24, 2.45) is 5.73 Å². The molecule has 0 saturated carbocycles. The number of ether oxygens (including phenoxy) is 1. The number of rotatable bonds is 7. The lowest BCUT2D eigenvalue weighted by Gasteiger charge is -2.14. The lowest BCUT2D eigenvalue weighted by molar-refractivity contribution is -0.139. The fourth-order valence-corrected chi connectivity index (χ4v) is 0.888. The van der Waals surface area contributed by atoms with Crippen LogP contribution in [0.2, 0.25) is 0 Å². The molecule has 88 valence electrons. The Kier molecular flexibility index (Phi) is 7.29. The van der Waals surface area contributed by atoms with Gasteiger partial charge in [0, 0.05) is 33.2 Å². The van der Waals surface area contributed by atoms with E-state index < -0.39 is 18.0 Å². The predicted octanol–water partition coefficient (Wildman–Crippen LogP) is -1.27. The number of methoxy groups -OCH3 is 1. The molecule has 1 atom stereocenters. The summed E-state index contributed by atoms with van der Waals surface area (Å²) in [5.41, 5.74) is 5.17. The summed E-state index contributed by atoms with van der Waals surface area (Å²) in [6, 6.07) is -1.48. The monoisotopic (exact) mass is 219 g/mol. The van der Waals surface area contributed by atoms with E-state index in [9.17, 15) is 9.59 Å². The molecule has 2 amide bonds. The van der Waals surface area contributed by atoms with Crippen molar-refractivity contribution in [3.8, 4) is 0 Å². The Hall–Kier alpha value is -1.34. The SMILES string of the molecule is COCCC(NC(=O)NCCN)C(=O)O. The van der Waals surface area contributed by atoms with E-state index in [-0.39, 0.29) is 13.0 Å². The van der Waals surface area contributed by atoms with Gasteiger partial charge in [-0.05, 0) is 0 Å². The lowest BCUT2D eigenvalue weighted by Crippen LogP contribution is -2.47. The predicted molar refractivity (Wildman–Crippen MR) is 53.5 cm³/mol. The van der Waals surface area contributed by atoms with Crippen LogP contribution in [-0.4, -0.2) is 50.0 Å². The summed E-state index contributed by atoms with van der Waals surface area (Å²) < 4.78 is 4.73.